The van der Waals surface area contributed by atoms with Crippen LogP contribution in [0.15, 0.2) is 79.1 Å². The molecule has 0 spiro atoms. The summed E-state index contributed by atoms with van der Waals surface area (Å²) >= 11 is 0. The van der Waals surface area contributed by atoms with Crippen molar-refractivity contribution in [3.8, 4) is 22.7 Å². The van der Waals surface area contributed by atoms with Crippen LogP contribution in [0, 0.1) is 0 Å². The van der Waals surface area contributed by atoms with Crippen LogP contribution in [-0.2, 0) is 0 Å². The van der Waals surface area contributed by atoms with E-state index >= 15 is 0 Å². The third kappa shape index (κ3) is 4.06. The van der Waals surface area contributed by atoms with Crippen molar-refractivity contribution in [2.45, 2.75) is 13.0 Å². The van der Waals surface area contributed by atoms with Crippen molar-refractivity contribution < 1.29 is 9.53 Å². The Morgan fingerprint density at radius 3 is 2.55 bits per heavy atom. The summed E-state index contributed by atoms with van der Waals surface area (Å²) in [4.78, 5) is 12.6. The molecule has 1 atom stereocenters. The third-order valence-corrected chi connectivity index (χ3v) is 4.83. The molecule has 2 heterocycles. The molecule has 6 nitrogen and oxygen atoms in total. The van der Waals surface area contributed by atoms with Crippen LogP contribution in [0.4, 0.5) is 0 Å². The first-order valence-electron chi connectivity index (χ1n) is 9.38. The van der Waals surface area contributed by atoms with Crippen molar-refractivity contribution in [2.75, 3.05) is 7.11 Å². The van der Waals surface area contributed by atoms with Gasteiger partial charge >= 0.3 is 0 Å². The number of hydrogen-bond donors (Lipinski definition) is 2. The van der Waals surface area contributed by atoms with Gasteiger partial charge in [-0.2, -0.15) is 5.10 Å². The van der Waals surface area contributed by atoms with E-state index in [0.717, 1.165) is 22.6 Å². The minimum absolute atomic E-state index is 0.134. The van der Waals surface area contributed by atoms with Gasteiger partial charge in [0.05, 0.1) is 18.8 Å². The zero-order valence-corrected chi connectivity index (χ0v) is 16.3. The van der Waals surface area contributed by atoms with Crippen LogP contribution in [0.1, 0.15) is 29.0 Å². The Balaban J connectivity index is 1.44. The van der Waals surface area contributed by atoms with Gasteiger partial charge in [0.25, 0.3) is 5.91 Å². The van der Waals surface area contributed by atoms with Gasteiger partial charge in [-0.15, -0.1) is 0 Å². The highest BCUT2D eigenvalue weighted by Crippen LogP contribution is 2.23. The maximum atomic E-state index is 12.6. The average Bonchev–Trinajstić information content (AvgIpc) is 3.46. The van der Waals surface area contributed by atoms with E-state index in [1.807, 2.05) is 84.5 Å². The molecule has 0 aliphatic rings. The number of benzene rings is 2. The first-order valence-corrected chi connectivity index (χ1v) is 9.38. The van der Waals surface area contributed by atoms with Gasteiger partial charge < -0.3 is 14.6 Å². The van der Waals surface area contributed by atoms with E-state index in [4.69, 9.17) is 4.74 Å². The van der Waals surface area contributed by atoms with E-state index in [9.17, 15) is 4.79 Å². The molecule has 146 valence electrons. The average molecular weight is 386 g/mol. The molecule has 0 aliphatic heterocycles. The van der Waals surface area contributed by atoms with E-state index in [-0.39, 0.29) is 11.9 Å². The maximum absolute atomic E-state index is 12.6. The predicted molar refractivity (Wildman–Crippen MR) is 112 cm³/mol. The Hall–Kier alpha value is -3.80. The number of H-pyrrole nitrogens is 1. The number of ether oxygens (including phenoxy) is 1. The Morgan fingerprint density at radius 1 is 1.07 bits per heavy atom. The molecule has 1 amide bonds. The van der Waals surface area contributed by atoms with Gasteiger partial charge in [0.1, 0.15) is 11.4 Å². The number of carbonyl (C=O) groups is 1. The number of nitrogens with one attached hydrogen (secondary N) is 2. The van der Waals surface area contributed by atoms with Crippen LogP contribution in [0.3, 0.4) is 0 Å². The second kappa shape index (κ2) is 8.06. The number of aromatic amines is 1. The van der Waals surface area contributed by atoms with Gasteiger partial charge in [0, 0.05) is 23.6 Å². The van der Waals surface area contributed by atoms with E-state index in [0.29, 0.717) is 11.4 Å². The SMILES string of the molecule is COc1cccc(-c2cc(C(=O)NC(C)c3ccc(-n4cccc4)cc3)[nH]n2)c1. The van der Waals surface area contributed by atoms with Crippen molar-refractivity contribution in [1.82, 2.24) is 20.1 Å². The summed E-state index contributed by atoms with van der Waals surface area (Å²) in [6.07, 6.45) is 4.00. The molecule has 2 N–H and O–H groups in total. The normalized spacial score (nSPS) is 11.8. The van der Waals surface area contributed by atoms with E-state index in [1.54, 1.807) is 13.2 Å². The van der Waals surface area contributed by atoms with Crippen molar-refractivity contribution in [1.29, 1.82) is 0 Å². The number of methoxy groups -OCH3 is 1. The van der Waals surface area contributed by atoms with Crippen LogP contribution < -0.4 is 10.1 Å². The summed E-state index contributed by atoms with van der Waals surface area (Å²) in [6.45, 7) is 1.96. The lowest BCUT2D eigenvalue weighted by Gasteiger charge is -2.14. The molecule has 0 fully saturated rings. The highest BCUT2D eigenvalue weighted by Gasteiger charge is 2.15. The monoisotopic (exact) mass is 386 g/mol. The Labute approximate surface area is 169 Å². The largest absolute Gasteiger partial charge is 0.497 e. The van der Waals surface area contributed by atoms with E-state index < -0.39 is 0 Å². The van der Waals surface area contributed by atoms with Gasteiger partial charge in [0.2, 0.25) is 0 Å². The fraction of sp³-hybridized carbons (Fsp3) is 0.130. The van der Waals surface area contributed by atoms with Gasteiger partial charge in [-0.1, -0.05) is 24.3 Å². The molecule has 29 heavy (non-hydrogen) atoms. The smallest absolute Gasteiger partial charge is 0.269 e. The molecular weight excluding hydrogens is 364 g/mol. The number of rotatable bonds is 6. The molecule has 0 aliphatic carbocycles. The van der Waals surface area contributed by atoms with Crippen molar-refractivity contribution in [3.05, 3.63) is 90.4 Å². The molecule has 0 saturated carbocycles. The highest BCUT2D eigenvalue weighted by molar-refractivity contribution is 5.93. The number of hydrogen-bond acceptors (Lipinski definition) is 3. The first-order chi connectivity index (χ1) is 14.1. The first kappa shape index (κ1) is 18.6. The van der Waals surface area contributed by atoms with Gasteiger partial charge in [-0.25, -0.2) is 0 Å². The van der Waals surface area contributed by atoms with Crippen LogP contribution >= 0.6 is 0 Å². The fourth-order valence-corrected chi connectivity index (χ4v) is 3.17. The molecule has 2 aromatic heterocycles. The van der Waals surface area contributed by atoms with Gasteiger partial charge in [0.15, 0.2) is 0 Å². The highest BCUT2D eigenvalue weighted by atomic mass is 16.5. The lowest BCUT2D eigenvalue weighted by Crippen LogP contribution is -2.26. The molecule has 1 unspecified atom stereocenters. The molecular formula is C23H22N4O2. The number of carbonyl (C=O) groups excluding carboxylic acids is 1. The van der Waals surface area contributed by atoms with Crippen LogP contribution in [0.25, 0.3) is 16.9 Å². The second-order valence-corrected chi connectivity index (χ2v) is 6.78. The number of nitrogens with zero attached hydrogens (tertiary/aromatic N) is 2. The predicted octanol–water partition coefficient (Wildman–Crippen LogP) is 4.37. The minimum atomic E-state index is -0.200. The molecule has 6 heteroatoms. The van der Waals surface area contributed by atoms with Crippen molar-refractivity contribution in [3.63, 3.8) is 0 Å². The molecule has 2 aromatic carbocycles. The summed E-state index contributed by atoms with van der Waals surface area (Å²) in [5.74, 6) is 0.544. The number of amides is 1. The molecule has 4 rings (SSSR count). The van der Waals surface area contributed by atoms with Gasteiger partial charge in [-0.3, -0.25) is 9.89 Å². The third-order valence-electron chi connectivity index (χ3n) is 4.83. The second-order valence-electron chi connectivity index (χ2n) is 6.78. The summed E-state index contributed by atoms with van der Waals surface area (Å²) in [6, 6.07) is 21.3. The summed E-state index contributed by atoms with van der Waals surface area (Å²) in [5, 5.41) is 10.1. The Kier molecular flexibility index (Phi) is 5.16. The Bertz CT molecular complexity index is 1100. The summed E-state index contributed by atoms with van der Waals surface area (Å²) in [7, 11) is 1.62. The summed E-state index contributed by atoms with van der Waals surface area (Å²) in [5.41, 5.74) is 4.10. The molecule has 0 saturated heterocycles. The van der Waals surface area contributed by atoms with Crippen molar-refractivity contribution in [2.24, 2.45) is 0 Å². The standard InChI is InChI=1S/C23H22N4O2/c1-16(17-8-10-19(11-9-17)27-12-3-4-13-27)24-23(28)22-15-21(25-26-22)18-6-5-7-20(14-18)29-2/h3-16H,1-2H3,(H,24,28)(H,25,26). The maximum Gasteiger partial charge on any atom is 0.269 e. The molecule has 0 bridgehead atoms. The zero-order valence-electron chi connectivity index (χ0n) is 16.3. The lowest BCUT2D eigenvalue weighted by atomic mass is 10.1. The van der Waals surface area contributed by atoms with Crippen LogP contribution in [0.5, 0.6) is 5.75 Å². The quantitative estimate of drug-likeness (QED) is 0.517. The van der Waals surface area contributed by atoms with E-state index in [2.05, 4.69) is 15.5 Å². The zero-order chi connectivity index (χ0) is 20.2. The number of aromatic nitrogens is 3. The molecule has 0 radical (unpaired) electrons. The minimum Gasteiger partial charge on any atom is -0.497 e. The lowest BCUT2D eigenvalue weighted by molar-refractivity contribution is 0.0935. The fourth-order valence-electron chi connectivity index (χ4n) is 3.17. The van der Waals surface area contributed by atoms with Crippen molar-refractivity contribution >= 4 is 5.91 Å². The van der Waals surface area contributed by atoms with Crippen LogP contribution in [-0.4, -0.2) is 27.8 Å². The Morgan fingerprint density at radius 2 is 1.83 bits per heavy atom. The van der Waals surface area contributed by atoms with E-state index in [1.165, 1.54) is 0 Å². The summed E-state index contributed by atoms with van der Waals surface area (Å²) < 4.78 is 7.28. The molecule has 4 aromatic rings. The van der Waals surface area contributed by atoms with Crippen LogP contribution in [0.2, 0.25) is 0 Å². The van der Waals surface area contributed by atoms with Gasteiger partial charge in [-0.05, 0) is 55.0 Å². The topological polar surface area (TPSA) is 71.9 Å².